The summed E-state index contributed by atoms with van der Waals surface area (Å²) in [6, 6.07) is 0. The van der Waals surface area contributed by atoms with Crippen molar-refractivity contribution in [2.75, 3.05) is 0 Å². The summed E-state index contributed by atoms with van der Waals surface area (Å²) in [4.78, 5) is 0. The second-order valence-corrected chi connectivity index (χ2v) is 7.65. The first-order valence-corrected chi connectivity index (χ1v) is 9.06. The van der Waals surface area contributed by atoms with E-state index in [2.05, 4.69) is 34.6 Å². The molecule has 1 rings (SSSR count). The Bertz CT molecular complexity index is 218. The Morgan fingerprint density at radius 2 is 1.74 bits per heavy atom. The molecule has 1 aliphatic rings. The van der Waals surface area contributed by atoms with Crippen LogP contribution in [0.1, 0.15) is 92.4 Å². The van der Waals surface area contributed by atoms with Gasteiger partial charge in [0.1, 0.15) is 0 Å². The number of unbranched alkanes of at least 4 members (excludes halogenated alkanes) is 2. The highest BCUT2D eigenvalue weighted by atomic mass is 14.4. The molecule has 0 aromatic heterocycles. The lowest BCUT2D eigenvalue weighted by Crippen LogP contribution is -2.30. The fourth-order valence-corrected chi connectivity index (χ4v) is 4.14. The van der Waals surface area contributed by atoms with Crippen molar-refractivity contribution in [2.24, 2.45) is 29.6 Å². The molecule has 4 atom stereocenters. The van der Waals surface area contributed by atoms with Crippen molar-refractivity contribution in [3.8, 4) is 0 Å². The van der Waals surface area contributed by atoms with E-state index in [-0.39, 0.29) is 0 Å². The van der Waals surface area contributed by atoms with Crippen LogP contribution in [0.4, 0.5) is 0 Å². The average molecular weight is 267 g/mol. The van der Waals surface area contributed by atoms with Gasteiger partial charge in [-0.2, -0.15) is 0 Å². The Kier molecular flexibility index (Phi) is 8.11. The number of rotatable bonds is 8. The molecule has 0 N–H and O–H groups in total. The molecule has 0 bridgehead atoms. The third-order valence-corrected chi connectivity index (χ3v) is 5.67. The maximum absolute atomic E-state index is 2.52. The average Bonchev–Trinajstić information content (AvgIpc) is 2.38. The van der Waals surface area contributed by atoms with Gasteiger partial charge in [-0.3, -0.25) is 0 Å². The first-order valence-electron chi connectivity index (χ1n) is 9.06. The monoisotopic (exact) mass is 266 g/mol. The molecule has 1 saturated carbocycles. The van der Waals surface area contributed by atoms with Crippen LogP contribution in [0.2, 0.25) is 0 Å². The molecule has 1 aliphatic carbocycles. The van der Waals surface area contributed by atoms with E-state index < -0.39 is 0 Å². The van der Waals surface area contributed by atoms with Crippen LogP contribution in [0.25, 0.3) is 0 Å². The van der Waals surface area contributed by atoms with Crippen LogP contribution in [-0.4, -0.2) is 0 Å². The van der Waals surface area contributed by atoms with Crippen molar-refractivity contribution >= 4 is 0 Å². The lowest BCUT2D eigenvalue weighted by molar-refractivity contribution is 0.103. The predicted molar refractivity (Wildman–Crippen MR) is 87.4 cm³/mol. The highest BCUT2D eigenvalue weighted by Crippen LogP contribution is 2.42. The quantitative estimate of drug-likeness (QED) is 0.429. The fourth-order valence-electron chi connectivity index (χ4n) is 4.14. The first-order chi connectivity index (χ1) is 9.06. The summed E-state index contributed by atoms with van der Waals surface area (Å²) in [6.07, 6.45) is 13.2. The number of hydrogen-bond donors (Lipinski definition) is 0. The zero-order valence-corrected chi connectivity index (χ0v) is 14.3. The Morgan fingerprint density at radius 1 is 1.00 bits per heavy atom. The van der Waals surface area contributed by atoms with Crippen molar-refractivity contribution in [3.63, 3.8) is 0 Å². The minimum Gasteiger partial charge on any atom is -0.0651 e. The molecule has 0 aromatic rings. The van der Waals surface area contributed by atoms with Gasteiger partial charge in [-0.05, 0) is 42.4 Å². The Labute approximate surface area is 122 Å². The van der Waals surface area contributed by atoms with Crippen molar-refractivity contribution in [2.45, 2.75) is 92.4 Å². The number of hydrogen-bond acceptors (Lipinski definition) is 0. The fraction of sp³-hybridized carbons (Fsp3) is 1.00. The standard InChI is InChI=1S/C19H38/c1-6-16(4)18-14-10-12-17(5)19(18)13-9-7-8-11-15(2)3/h15-19H,6-14H2,1-5H3. The van der Waals surface area contributed by atoms with Crippen LogP contribution in [0, 0.1) is 29.6 Å². The predicted octanol–water partition coefficient (Wildman–Crippen LogP) is 6.69. The smallest absolute Gasteiger partial charge is 0.0358 e. The Hall–Kier alpha value is 0. The molecule has 0 amide bonds. The summed E-state index contributed by atoms with van der Waals surface area (Å²) >= 11 is 0. The van der Waals surface area contributed by atoms with Crippen LogP contribution in [-0.2, 0) is 0 Å². The van der Waals surface area contributed by atoms with E-state index in [4.69, 9.17) is 0 Å². The SMILES string of the molecule is CCC(C)C1CCCC(C)C1CCCCCC(C)C. The molecule has 4 unspecified atom stereocenters. The second-order valence-electron chi connectivity index (χ2n) is 7.65. The van der Waals surface area contributed by atoms with Gasteiger partial charge < -0.3 is 0 Å². The lowest BCUT2D eigenvalue weighted by atomic mass is 9.66. The summed E-state index contributed by atoms with van der Waals surface area (Å²) in [6.45, 7) is 12.1. The molecule has 0 heterocycles. The van der Waals surface area contributed by atoms with E-state index in [9.17, 15) is 0 Å². The summed E-state index contributed by atoms with van der Waals surface area (Å²) in [5.41, 5.74) is 0. The van der Waals surface area contributed by atoms with Crippen LogP contribution in [0.5, 0.6) is 0 Å². The molecule has 0 radical (unpaired) electrons. The third kappa shape index (κ3) is 5.88. The van der Waals surface area contributed by atoms with E-state index in [1.165, 1.54) is 57.8 Å². The van der Waals surface area contributed by atoms with Crippen LogP contribution in [0.15, 0.2) is 0 Å². The summed E-state index contributed by atoms with van der Waals surface area (Å²) in [7, 11) is 0. The van der Waals surface area contributed by atoms with E-state index in [1.807, 2.05) is 0 Å². The van der Waals surface area contributed by atoms with Gasteiger partial charge in [-0.1, -0.05) is 79.6 Å². The summed E-state index contributed by atoms with van der Waals surface area (Å²) < 4.78 is 0. The normalized spacial score (nSPS) is 29.7. The molecule has 0 aliphatic heterocycles. The van der Waals surface area contributed by atoms with Crippen LogP contribution >= 0.6 is 0 Å². The van der Waals surface area contributed by atoms with Gasteiger partial charge in [0.15, 0.2) is 0 Å². The molecule has 0 spiro atoms. The van der Waals surface area contributed by atoms with Crippen LogP contribution < -0.4 is 0 Å². The Balaban J connectivity index is 2.33. The van der Waals surface area contributed by atoms with Gasteiger partial charge >= 0.3 is 0 Å². The van der Waals surface area contributed by atoms with Crippen molar-refractivity contribution in [1.29, 1.82) is 0 Å². The first kappa shape index (κ1) is 17.1. The van der Waals surface area contributed by atoms with Crippen LogP contribution in [0.3, 0.4) is 0 Å². The summed E-state index contributed by atoms with van der Waals surface area (Å²) in [5, 5.41) is 0. The minimum absolute atomic E-state index is 0.890. The van der Waals surface area contributed by atoms with Gasteiger partial charge in [-0.15, -0.1) is 0 Å². The van der Waals surface area contributed by atoms with E-state index in [1.54, 1.807) is 0 Å². The lowest BCUT2D eigenvalue weighted by Gasteiger charge is -2.40. The highest BCUT2D eigenvalue weighted by molar-refractivity contribution is 4.82. The molecule has 0 aromatic carbocycles. The highest BCUT2D eigenvalue weighted by Gasteiger charge is 2.32. The van der Waals surface area contributed by atoms with Crippen molar-refractivity contribution < 1.29 is 0 Å². The molecule has 0 saturated heterocycles. The zero-order valence-electron chi connectivity index (χ0n) is 14.3. The second kappa shape index (κ2) is 9.03. The molecular weight excluding hydrogens is 228 g/mol. The van der Waals surface area contributed by atoms with E-state index >= 15 is 0 Å². The molecule has 114 valence electrons. The van der Waals surface area contributed by atoms with Gasteiger partial charge in [0.2, 0.25) is 0 Å². The van der Waals surface area contributed by atoms with Gasteiger partial charge in [-0.25, -0.2) is 0 Å². The van der Waals surface area contributed by atoms with Crippen molar-refractivity contribution in [1.82, 2.24) is 0 Å². The van der Waals surface area contributed by atoms with E-state index in [0.717, 1.165) is 29.6 Å². The molecular formula is C19H38. The maximum atomic E-state index is 2.52. The molecule has 19 heavy (non-hydrogen) atoms. The minimum atomic E-state index is 0.890. The van der Waals surface area contributed by atoms with Crippen molar-refractivity contribution in [3.05, 3.63) is 0 Å². The molecule has 0 nitrogen and oxygen atoms in total. The topological polar surface area (TPSA) is 0 Å². The van der Waals surface area contributed by atoms with Gasteiger partial charge in [0.25, 0.3) is 0 Å². The molecule has 0 heteroatoms. The third-order valence-electron chi connectivity index (χ3n) is 5.67. The van der Waals surface area contributed by atoms with E-state index in [0.29, 0.717) is 0 Å². The maximum Gasteiger partial charge on any atom is -0.0358 e. The molecule has 1 fully saturated rings. The largest absolute Gasteiger partial charge is 0.0651 e. The van der Waals surface area contributed by atoms with Gasteiger partial charge in [0.05, 0.1) is 0 Å². The Morgan fingerprint density at radius 3 is 2.37 bits per heavy atom. The zero-order chi connectivity index (χ0) is 14.3. The summed E-state index contributed by atoms with van der Waals surface area (Å²) in [5.74, 6) is 4.88. The van der Waals surface area contributed by atoms with Gasteiger partial charge in [0, 0.05) is 0 Å².